The predicted molar refractivity (Wildman–Crippen MR) is 123 cm³/mol. The standard InChI is InChI=1S/C18H24N5O13P.H3N/c19-9-1-3-22(17(29)20-9)16-13(28)14(7(5-24)34-16)36-37(31,32)33-6-8-11(26)12(27)15(35-8)23-4-2-10(25)21-18(23)30;/h1-4,7-8,11-16,24,26-28H,5-6H2,(H,31,32)(H2,19,20,29)(H,21,25,30);1H3. The number of nitrogens with zero attached hydrogens (tertiary/aromatic N) is 3. The number of aromatic amines is 1. The number of phosphoric acid groups is 1. The van der Waals surface area contributed by atoms with E-state index in [-0.39, 0.29) is 12.0 Å². The second-order valence-corrected chi connectivity index (χ2v) is 9.58. The summed E-state index contributed by atoms with van der Waals surface area (Å²) in [5.74, 6) is -0.0948. The minimum atomic E-state index is -5.04. The summed E-state index contributed by atoms with van der Waals surface area (Å²) in [6.07, 6.45) is -10.2. The van der Waals surface area contributed by atoms with Crippen LogP contribution in [0.1, 0.15) is 12.5 Å². The fourth-order valence-corrected chi connectivity index (χ4v) is 4.89. The van der Waals surface area contributed by atoms with Crippen LogP contribution >= 0.6 is 7.82 Å². The lowest BCUT2D eigenvalue weighted by Gasteiger charge is -2.23. The summed E-state index contributed by atoms with van der Waals surface area (Å²) in [5.41, 5.74) is 2.90. The number of nitrogens with one attached hydrogen (secondary N) is 1. The SMILES string of the molecule is N.Nc1ccn(C2OC(CO)C(OP(=O)(O)OCC3OC(n4ccc(=O)[nH]c4=O)C(O)C3O)C2O)c(=O)n1. The maximum atomic E-state index is 12.6. The molecule has 11 N–H and O–H groups in total. The molecule has 0 aromatic carbocycles. The number of aliphatic hydroxyl groups is 4. The monoisotopic (exact) mass is 566 g/mol. The molecule has 19 nitrogen and oxygen atoms in total. The van der Waals surface area contributed by atoms with Crippen molar-refractivity contribution in [3.05, 3.63) is 55.8 Å². The molecule has 2 aliphatic rings. The van der Waals surface area contributed by atoms with Gasteiger partial charge in [0.25, 0.3) is 5.56 Å². The van der Waals surface area contributed by atoms with Crippen molar-refractivity contribution in [3.8, 4) is 0 Å². The van der Waals surface area contributed by atoms with Gasteiger partial charge in [-0.1, -0.05) is 0 Å². The fourth-order valence-electron chi connectivity index (χ4n) is 3.92. The number of nitrogen functional groups attached to an aromatic ring is 1. The third-order valence-corrected chi connectivity index (χ3v) is 6.72. The van der Waals surface area contributed by atoms with Crippen molar-refractivity contribution in [2.24, 2.45) is 0 Å². The Bertz CT molecular complexity index is 1350. The molecule has 0 amide bonds. The number of ether oxygens (including phenoxy) is 2. The molecular formula is C18H27N6O13P. The second-order valence-electron chi connectivity index (χ2n) is 8.18. The van der Waals surface area contributed by atoms with E-state index in [0.29, 0.717) is 0 Å². The van der Waals surface area contributed by atoms with Gasteiger partial charge >= 0.3 is 19.2 Å². The van der Waals surface area contributed by atoms with Gasteiger partial charge in [-0.25, -0.2) is 14.2 Å². The first-order valence-electron chi connectivity index (χ1n) is 10.7. The van der Waals surface area contributed by atoms with E-state index in [2.05, 4.69) is 4.98 Å². The summed E-state index contributed by atoms with van der Waals surface area (Å²) in [7, 11) is -5.04. The Kier molecular flexibility index (Phi) is 9.01. The molecule has 4 rings (SSSR count). The molecule has 2 aromatic rings. The Balaban J connectivity index is 0.00000400. The van der Waals surface area contributed by atoms with Gasteiger partial charge in [-0.05, 0) is 6.07 Å². The highest BCUT2D eigenvalue weighted by Crippen LogP contribution is 2.49. The molecule has 38 heavy (non-hydrogen) atoms. The molecule has 2 aliphatic heterocycles. The van der Waals surface area contributed by atoms with Crippen LogP contribution in [0.25, 0.3) is 0 Å². The number of nitrogens with two attached hydrogens (primary N) is 1. The summed E-state index contributed by atoms with van der Waals surface area (Å²) < 4.78 is 34.9. The average molecular weight is 566 g/mol. The van der Waals surface area contributed by atoms with E-state index in [4.69, 9.17) is 24.3 Å². The lowest BCUT2D eigenvalue weighted by molar-refractivity contribution is -0.0615. The molecule has 4 heterocycles. The van der Waals surface area contributed by atoms with E-state index in [0.717, 1.165) is 21.4 Å². The van der Waals surface area contributed by atoms with Crippen molar-refractivity contribution < 1.29 is 48.4 Å². The fraction of sp³-hybridized carbons (Fsp3) is 0.556. The minimum Gasteiger partial charge on any atom is -0.394 e. The molecule has 9 unspecified atom stereocenters. The summed E-state index contributed by atoms with van der Waals surface area (Å²) in [6, 6.07) is 2.23. The third-order valence-electron chi connectivity index (χ3n) is 5.73. The van der Waals surface area contributed by atoms with E-state index in [1.54, 1.807) is 0 Å². The first-order valence-corrected chi connectivity index (χ1v) is 12.2. The Morgan fingerprint density at radius 2 is 1.66 bits per heavy atom. The molecule has 20 heteroatoms. The molecule has 0 saturated carbocycles. The quantitative estimate of drug-likeness (QED) is 0.141. The van der Waals surface area contributed by atoms with Gasteiger partial charge < -0.3 is 46.7 Å². The van der Waals surface area contributed by atoms with Gasteiger partial charge in [-0.15, -0.1) is 0 Å². The molecule has 0 bridgehead atoms. The second kappa shape index (κ2) is 11.5. The third kappa shape index (κ3) is 5.92. The van der Waals surface area contributed by atoms with Crippen LogP contribution in [0, 0.1) is 0 Å². The molecule has 212 valence electrons. The normalized spacial score (nSPS) is 32.6. The van der Waals surface area contributed by atoms with Crippen molar-refractivity contribution >= 4 is 13.6 Å². The Hall–Kier alpha value is -2.81. The van der Waals surface area contributed by atoms with E-state index in [9.17, 15) is 44.3 Å². The van der Waals surface area contributed by atoms with Gasteiger partial charge in [0.1, 0.15) is 42.4 Å². The maximum absolute atomic E-state index is 12.6. The van der Waals surface area contributed by atoms with Crippen molar-refractivity contribution in [1.82, 2.24) is 25.3 Å². The van der Waals surface area contributed by atoms with E-state index >= 15 is 0 Å². The van der Waals surface area contributed by atoms with Crippen LogP contribution in [0.2, 0.25) is 0 Å². The molecule has 2 fully saturated rings. The lowest BCUT2D eigenvalue weighted by atomic mass is 10.1. The van der Waals surface area contributed by atoms with Gasteiger partial charge in [-0.2, -0.15) is 4.98 Å². The summed E-state index contributed by atoms with van der Waals surface area (Å²) >= 11 is 0. The highest BCUT2D eigenvalue weighted by Gasteiger charge is 2.50. The van der Waals surface area contributed by atoms with Crippen LogP contribution in [-0.4, -0.2) is 94.3 Å². The zero-order chi connectivity index (χ0) is 27.1. The number of aliphatic hydroxyl groups excluding tert-OH is 4. The molecule has 0 spiro atoms. The van der Waals surface area contributed by atoms with Crippen molar-refractivity contribution in [2.45, 2.75) is 49.1 Å². The first-order chi connectivity index (χ1) is 17.4. The first kappa shape index (κ1) is 29.7. The highest BCUT2D eigenvalue weighted by molar-refractivity contribution is 7.47. The average Bonchev–Trinajstić information content (AvgIpc) is 3.28. The number of phosphoric ester groups is 1. The van der Waals surface area contributed by atoms with Crippen LogP contribution in [0.3, 0.4) is 0 Å². The van der Waals surface area contributed by atoms with E-state index in [1.165, 1.54) is 12.3 Å². The number of rotatable bonds is 8. The van der Waals surface area contributed by atoms with E-state index in [1.807, 2.05) is 4.98 Å². The lowest BCUT2D eigenvalue weighted by Crippen LogP contribution is -2.38. The van der Waals surface area contributed by atoms with Crippen LogP contribution in [-0.2, 0) is 23.1 Å². The number of hydrogen-bond acceptors (Lipinski definition) is 15. The number of H-pyrrole nitrogens is 1. The topological polar surface area (TPSA) is 306 Å². The van der Waals surface area contributed by atoms with Gasteiger partial charge in [0, 0.05) is 18.5 Å². The molecular weight excluding hydrogens is 539 g/mol. The van der Waals surface area contributed by atoms with Crippen molar-refractivity contribution in [1.29, 1.82) is 0 Å². The minimum absolute atomic E-state index is 0. The molecule has 9 atom stereocenters. The number of anilines is 1. The van der Waals surface area contributed by atoms with E-state index < -0.39 is 87.1 Å². The van der Waals surface area contributed by atoms with Crippen LogP contribution in [0.4, 0.5) is 5.82 Å². The highest BCUT2D eigenvalue weighted by atomic mass is 31.2. The zero-order valence-electron chi connectivity index (χ0n) is 19.4. The summed E-state index contributed by atoms with van der Waals surface area (Å²) in [6.45, 7) is -1.60. The van der Waals surface area contributed by atoms with Crippen molar-refractivity contribution in [3.63, 3.8) is 0 Å². The number of aromatic nitrogens is 4. The molecule has 0 radical (unpaired) electrons. The van der Waals surface area contributed by atoms with Crippen LogP contribution in [0.5, 0.6) is 0 Å². The molecule has 0 aliphatic carbocycles. The van der Waals surface area contributed by atoms with Crippen molar-refractivity contribution in [2.75, 3.05) is 18.9 Å². The Labute approximate surface area is 211 Å². The van der Waals surface area contributed by atoms with Crippen LogP contribution < -0.4 is 28.8 Å². The zero-order valence-corrected chi connectivity index (χ0v) is 20.3. The Morgan fingerprint density at radius 1 is 1.03 bits per heavy atom. The molecule has 2 saturated heterocycles. The van der Waals surface area contributed by atoms with Crippen LogP contribution in [0.15, 0.2) is 38.9 Å². The van der Waals surface area contributed by atoms with Gasteiger partial charge in [0.05, 0.1) is 13.2 Å². The maximum Gasteiger partial charge on any atom is 0.472 e. The summed E-state index contributed by atoms with van der Waals surface area (Å²) in [5, 5.41) is 40.7. The molecule has 2 aromatic heterocycles. The predicted octanol–water partition coefficient (Wildman–Crippen LogP) is -4.09. The number of hydrogen-bond donors (Lipinski definition) is 8. The Morgan fingerprint density at radius 3 is 2.29 bits per heavy atom. The smallest absolute Gasteiger partial charge is 0.394 e. The van der Waals surface area contributed by atoms with Gasteiger partial charge in [0.15, 0.2) is 12.5 Å². The van der Waals surface area contributed by atoms with Gasteiger partial charge in [0.2, 0.25) is 0 Å². The summed E-state index contributed by atoms with van der Waals surface area (Å²) in [4.78, 5) is 50.9. The largest absolute Gasteiger partial charge is 0.472 e. The van der Waals surface area contributed by atoms with Gasteiger partial charge in [-0.3, -0.25) is 28.0 Å².